The highest BCUT2D eigenvalue weighted by atomic mass is 19.4. The molecule has 1 aliphatic heterocycles. The van der Waals surface area contributed by atoms with Crippen LogP contribution in [0.5, 0.6) is 0 Å². The molecule has 3 aromatic rings. The van der Waals surface area contributed by atoms with Crippen LogP contribution in [-0.2, 0) is 6.18 Å². The number of hydrogen-bond donors (Lipinski definition) is 2. The van der Waals surface area contributed by atoms with Gasteiger partial charge in [-0.15, -0.1) is 0 Å². The van der Waals surface area contributed by atoms with Crippen molar-refractivity contribution in [2.75, 3.05) is 5.32 Å². The maximum Gasteiger partial charge on any atom is 0.429 e. The van der Waals surface area contributed by atoms with E-state index in [0.29, 0.717) is 22.9 Å². The summed E-state index contributed by atoms with van der Waals surface area (Å²) in [5.74, 6) is 0.561. The van der Waals surface area contributed by atoms with Crippen molar-refractivity contribution < 1.29 is 18.0 Å². The molecule has 184 valence electrons. The minimum atomic E-state index is -4.36. The van der Waals surface area contributed by atoms with Gasteiger partial charge in [-0.25, -0.2) is 4.98 Å². The van der Waals surface area contributed by atoms with Crippen LogP contribution in [0.3, 0.4) is 0 Å². The maximum absolute atomic E-state index is 12.8. The zero-order valence-corrected chi connectivity index (χ0v) is 19.5. The number of alkyl halides is 3. The Balaban J connectivity index is 1.46. The number of hydrogen-bond acceptors (Lipinski definition) is 6. The summed E-state index contributed by atoms with van der Waals surface area (Å²) in [5, 5.41) is 16.3. The lowest BCUT2D eigenvalue weighted by atomic mass is 9.94. The van der Waals surface area contributed by atoms with E-state index in [4.69, 9.17) is 0 Å². The molecule has 36 heavy (non-hydrogen) atoms. The van der Waals surface area contributed by atoms with E-state index in [1.54, 1.807) is 12.1 Å². The predicted molar refractivity (Wildman–Crippen MR) is 129 cm³/mol. The average molecular weight is 495 g/mol. The summed E-state index contributed by atoms with van der Waals surface area (Å²) < 4.78 is 38.5. The number of nitrogens with zero attached hydrogens (tertiary/aromatic N) is 5. The van der Waals surface area contributed by atoms with Crippen molar-refractivity contribution in [2.45, 2.75) is 32.5 Å². The highest BCUT2D eigenvalue weighted by molar-refractivity contribution is 6.05. The molecular formula is C25H23F3N7O+. The van der Waals surface area contributed by atoms with Crippen molar-refractivity contribution in [2.24, 2.45) is 21.4 Å². The molecular weight excluding hydrogens is 471 g/mol. The van der Waals surface area contributed by atoms with E-state index in [2.05, 4.69) is 49.8 Å². The lowest BCUT2D eigenvalue weighted by Gasteiger charge is -2.22. The van der Waals surface area contributed by atoms with Gasteiger partial charge < -0.3 is 5.32 Å². The fourth-order valence-corrected chi connectivity index (χ4v) is 3.67. The fourth-order valence-electron chi connectivity index (χ4n) is 3.67. The number of guanidine groups is 1. The Kier molecular flexibility index (Phi) is 7.21. The van der Waals surface area contributed by atoms with Crippen LogP contribution < -0.4 is 15.5 Å². The van der Waals surface area contributed by atoms with Gasteiger partial charge in [-0.2, -0.15) is 13.2 Å². The Hall–Kier alpha value is -4.37. The highest BCUT2D eigenvalue weighted by Gasteiger charge is 2.30. The van der Waals surface area contributed by atoms with Gasteiger partial charge in [0.05, 0.1) is 22.1 Å². The van der Waals surface area contributed by atoms with Crippen molar-refractivity contribution >= 4 is 17.7 Å². The average Bonchev–Trinajstić information content (AvgIpc) is 3.36. The quantitative estimate of drug-likeness (QED) is 0.396. The second-order valence-electron chi connectivity index (χ2n) is 8.61. The Labute approximate surface area is 205 Å². The van der Waals surface area contributed by atoms with Crippen LogP contribution in [0.4, 0.5) is 19.0 Å². The van der Waals surface area contributed by atoms with Gasteiger partial charge in [0, 0.05) is 6.20 Å². The van der Waals surface area contributed by atoms with Crippen LogP contribution in [0.2, 0.25) is 0 Å². The summed E-state index contributed by atoms with van der Waals surface area (Å²) >= 11 is 0. The van der Waals surface area contributed by atoms with Gasteiger partial charge in [0.25, 0.3) is 11.1 Å². The summed E-state index contributed by atoms with van der Waals surface area (Å²) in [6, 6.07) is 16.1. The normalized spacial score (nSPS) is 13.6. The molecule has 8 nitrogen and oxygen atoms in total. The van der Waals surface area contributed by atoms with Gasteiger partial charge in [0.15, 0.2) is 0 Å². The summed E-state index contributed by atoms with van der Waals surface area (Å²) in [6.07, 6.45) is -2.10. The Bertz CT molecular complexity index is 1310. The first-order chi connectivity index (χ1) is 17.2. The fraction of sp³-hybridized carbons (Fsp3) is 0.240. The van der Waals surface area contributed by atoms with Crippen molar-refractivity contribution in [1.82, 2.24) is 15.2 Å². The number of carbonyl (C=O) groups excluding carboxylic acids is 1. The molecule has 4 rings (SSSR count). The molecule has 0 aliphatic carbocycles. The van der Waals surface area contributed by atoms with Gasteiger partial charge in [-0.05, 0) is 53.3 Å². The zero-order valence-electron chi connectivity index (χ0n) is 19.5. The molecule has 2 N–H and O–H groups in total. The first kappa shape index (κ1) is 24.7. The molecule has 0 saturated carbocycles. The van der Waals surface area contributed by atoms with Gasteiger partial charge in [0.2, 0.25) is 0 Å². The monoisotopic (exact) mass is 494 g/mol. The molecule has 0 spiro atoms. The van der Waals surface area contributed by atoms with Crippen LogP contribution in [0.1, 0.15) is 47.8 Å². The lowest BCUT2D eigenvalue weighted by Crippen LogP contribution is -2.28. The molecule has 2 aromatic carbocycles. The SMILES string of the molecule is CC(C)CC(Nc1ccc(C(=O)NC2=NN=[N+]=N2)cn1)c1ccc(-c2ccc(C(F)(F)F)cc2)cc1. The van der Waals surface area contributed by atoms with Crippen LogP contribution in [-0.4, -0.2) is 16.9 Å². The molecule has 0 bridgehead atoms. The zero-order chi connectivity index (χ0) is 25.7. The first-order valence-electron chi connectivity index (χ1n) is 11.2. The number of halogens is 3. The number of rotatable bonds is 7. The molecule has 2 heterocycles. The van der Waals surface area contributed by atoms with E-state index in [9.17, 15) is 18.0 Å². The number of anilines is 1. The molecule has 0 fully saturated rings. The molecule has 1 aliphatic rings. The van der Waals surface area contributed by atoms with Crippen LogP contribution in [0.15, 0.2) is 82.3 Å². The number of benzene rings is 2. The second kappa shape index (κ2) is 10.5. The summed E-state index contributed by atoms with van der Waals surface area (Å²) in [5.41, 5.74) is 2.19. The number of pyridine rings is 1. The largest absolute Gasteiger partial charge is 0.429 e. The molecule has 1 atom stereocenters. The van der Waals surface area contributed by atoms with E-state index in [1.165, 1.54) is 18.3 Å². The number of amides is 1. The molecule has 1 unspecified atom stereocenters. The van der Waals surface area contributed by atoms with E-state index in [0.717, 1.165) is 29.7 Å². The van der Waals surface area contributed by atoms with Crippen molar-refractivity contribution in [3.05, 3.63) is 83.6 Å². The molecule has 1 amide bonds. The van der Waals surface area contributed by atoms with Crippen molar-refractivity contribution in [3.8, 4) is 11.1 Å². The lowest BCUT2D eigenvalue weighted by molar-refractivity contribution is -0.137. The number of carbonyl (C=O) groups is 1. The molecule has 1 aromatic heterocycles. The van der Waals surface area contributed by atoms with Crippen molar-refractivity contribution in [1.29, 1.82) is 0 Å². The molecule has 0 radical (unpaired) electrons. The van der Waals surface area contributed by atoms with Crippen LogP contribution >= 0.6 is 0 Å². The third-order valence-electron chi connectivity index (χ3n) is 5.46. The third kappa shape index (κ3) is 6.19. The number of nitrogens with one attached hydrogen (secondary N) is 2. The molecule has 11 heteroatoms. The minimum Gasteiger partial charge on any atom is -0.363 e. The Morgan fingerprint density at radius 1 is 0.972 bits per heavy atom. The summed E-state index contributed by atoms with van der Waals surface area (Å²) in [7, 11) is 0. The summed E-state index contributed by atoms with van der Waals surface area (Å²) in [6.45, 7) is 4.23. The number of aromatic nitrogens is 1. The van der Waals surface area contributed by atoms with E-state index >= 15 is 0 Å². The Morgan fingerprint density at radius 3 is 2.17 bits per heavy atom. The van der Waals surface area contributed by atoms with Gasteiger partial charge in [0.1, 0.15) is 16.0 Å². The summed E-state index contributed by atoms with van der Waals surface area (Å²) in [4.78, 5) is 19.9. The standard InChI is InChI=1S/C25H22F3N7O/c1-15(2)13-21(30-22-12-9-19(14-29-22)23(36)31-24-32-34-35-33-24)18-5-3-16(4-6-18)17-7-10-20(11-8-17)25(26,27)28/h3-12,14-15,21H,13H2,1-2H3,(H,29,30,36)/p+1. The van der Waals surface area contributed by atoms with Crippen LogP contribution in [0.25, 0.3) is 11.1 Å². The van der Waals surface area contributed by atoms with E-state index in [-0.39, 0.29) is 12.0 Å². The van der Waals surface area contributed by atoms with Crippen LogP contribution in [0, 0.1) is 5.92 Å². The van der Waals surface area contributed by atoms with Gasteiger partial charge >= 0.3 is 12.1 Å². The minimum absolute atomic E-state index is 0.0129. The molecule has 0 saturated heterocycles. The van der Waals surface area contributed by atoms with E-state index < -0.39 is 17.6 Å². The highest BCUT2D eigenvalue weighted by Crippen LogP contribution is 2.32. The third-order valence-corrected chi connectivity index (χ3v) is 5.46. The first-order valence-corrected chi connectivity index (χ1v) is 11.2. The van der Waals surface area contributed by atoms with E-state index in [1.807, 2.05) is 24.3 Å². The second-order valence-corrected chi connectivity index (χ2v) is 8.61. The maximum atomic E-state index is 12.8. The van der Waals surface area contributed by atoms with Gasteiger partial charge in [-0.3, -0.25) is 10.1 Å². The Morgan fingerprint density at radius 2 is 1.64 bits per heavy atom. The van der Waals surface area contributed by atoms with Gasteiger partial charge in [-0.1, -0.05) is 50.2 Å². The smallest absolute Gasteiger partial charge is 0.363 e. The predicted octanol–water partition coefficient (Wildman–Crippen LogP) is 5.95. The topological polar surface area (TPSA) is 105 Å². The van der Waals surface area contributed by atoms with Crippen molar-refractivity contribution in [3.63, 3.8) is 0 Å².